The number of rotatable bonds is 4. The van der Waals surface area contributed by atoms with Gasteiger partial charge in [-0.15, -0.1) is 0 Å². The highest BCUT2D eigenvalue weighted by Gasteiger charge is 2.25. The number of hydrazine groups is 1. The normalized spacial score (nSPS) is 22.4. The summed E-state index contributed by atoms with van der Waals surface area (Å²) in [7, 11) is 0. The molecule has 0 aliphatic carbocycles. The molecule has 2 N–H and O–H groups in total. The number of halogens is 2. The van der Waals surface area contributed by atoms with Gasteiger partial charge in [0.2, 0.25) is 0 Å². The van der Waals surface area contributed by atoms with E-state index in [-0.39, 0.29) is 5.75 Å². The van der Waals surface area contributed by atoms with Crippen molar-refractivity contribution in [2.75, 3.05) is 5.32 Å². The molecule has 0 spiro atoms. The van der Waals surface area contributed by atoms with E-state index in [4.69, 9.17) is 12.2 Å². The van der Waals surface area contributed by atoms with Gasteiger partial charge in [-0.1, -0.05) is 6.42 Å². The van der Waals surface area contributed by atoms with Crippen LogP contribution in [0.5, 0.6) is 5.75 Å². The zero-order chi connectivity index (χ0) is 16.1. The predicted octanol–water partition coefficient (Wildman–Crippen LogP) is 3.75. The second-order valence-electron chi connectivity index (χ2n) is 5.51. The van der Waals surface area contributed by atoms with E-state index in [1.165, 1.54) is 18.6 Å². The van der Waals surface area contributed by atoms with Crippen molar-refractivity contribution < 1.29 is 13.5 Å². The molecule has 1 saturated heterocycles. The molecule has 0 bridgehead atoms. The van der Waals surface area contributed by atoms with E-state index in [2.05, 4.69) is 34.3 Å². The fourth-order valence-electron chi connectivity index (χ4n) is 2.64. The molecule has 0 unspecified atom stereocenters. The molecular formula is C15H21F2N3OS. The molecule has 0 amide bonds. The second-order valence-corrected chi connectivity index (χ2v) is 5.91. The second kappa shape index (κ2) is 7.69. The Balaban J connectivity index is 1.88. The van der Waals surface area contributed by atoms with Gasteiger partial charge in [0.15, 0.2) is 5.11 Å². The highest BCUT2D eigenvalue weighted by Crippen LogP contribution is 2.21. The van der Waals surface area contributed by atoms with Crippen LogP contribution in [0.2, 0.25) is 0 Å². The van der Waals surface area contributed by atoms with Crippen LogP contribution in [0.4, 0.5) is 14.5 Å². The maximum Gasteiger partial charge on any atom is 0.387 e. The van der Waals surface area contributed by atoms with Crippen LogP contribution in [0.3, 0.4) is 0 Å². The summed E-state index contributed by atoms with van der Waals surface area (Å²) >= 11 is 5.31. The zero-order valence-electron chi connectivity index (χ0n) is 12.7. The van der Waals surface area contributed by atoms with Gasteiger partial charge < -0.3 is 10.1 Å². The van der Waals surface area contributed by atoms with Crippen molar-refractivity contribution in [1.82, 2.24) is 10.4 Å². The van der Waals surface area contributed by atoms with Gasteiger partial charge in [-0.3, -0.25) is 5.43 Å². The maximum atomic E-state index is 12.1. The summed E-state index contributed by atoms with van der Waals surface area (Å²) in [6.45, 7) is 1.52. The van der Waals surface area contributed by atoms with E-state index in [1.54, 1.807) is 12.1 Å². The molecule has 1 aromatic carbocycles. The van der Waals surface area contributed by atoms with Gasteiger partial charge in [-0.2, -0.15) is 8.78 Å². The summed E-state index contributed by atoms with van der Waals surface area (Å²) in [5, 5.41) is 5.70. The highest BCUT2D eigenvalue weighted by atomic mass is 32.1. The van der Waals surface area contributed by atoms with Gasteiger partial charge in [0.05, 0.1) is 0 Å². The fourth-order valence-corrected chi connectivity index (χ4v) is 2.86. The predicted molar refractivity (Wildman–Crippen MR) is 87.0 cm³/mol. The first-order chi connectivity index (χ1) is 10.5. The Morgan fingerprint density at radius 1 is 1.23 bits per heavy atom. The number of alkyl halides is 2. The van der Waals surface area contributed by atoms with E-state index in [9.17, 15) is 8.78 Å². The van der Waals surface area contributed by atoms with Crippen molar-refractivity contribution in [2.45, 2.75) is 51.8 Å². The zero-order valence-corrected chi connectivity index (χ0v) is 13.5. The monoisotopic (exact) mass is 329 g/mol. The third-order valence-electron chi connectivity index (χ3n) is 3.76. The standard InChI is InChI=1S/C15H21F2N3OS/c1-10-4-3-5-11(2)20(10)19-15(22)18-12-6-8-13(9-7-12)21-14(16)17/h6-11,14H,3-5H2,1-2H3,(H2,18,19,22)/t10-,11-/m0/s1. The van der Waals surface area contributed by atoms with Crippen LogP contribution in [0.1, 0.15) is 33.1 Å². The number of piperidine rings is 1. The van der Waals surface area contributed by atoms with Crippen LogP contribution < -0.4 is 15.5 Å². The van der Waals surface area contributed by atoms with Gasteiger partial charge >= 0.3 is 6.61 Å². The summed E-state index contributed by atoms with van der Waals surface area (Å²) < 4.78 is 28.5. The first-order valence-corrected chi connectivity index (χ1v) is 7.77. The summed E-state index contributed by atoms with van der Waals surface area (Å²) in [5.74, 6) is 0.123. The third-order valence-corrected chi connectivity index (χ3v) is 3.95. The topological polar surface area (TPSA) is 36.5 Å². The lowest BCUT2D eigenvalue weighted by molar-refractivity contribution is -0.0498. The number of benzene rings is 1. The number of ether oxygens (including phenoxy) is 1. The Labute approximate surface area is 134 Å². The molecule has 1 aromatic rings. The molecule has 1 aliphatic heterocycles. The molecule has 7 heteroatoms. The van der Waals surface area contributed by atoms with Gasteiger partial charge in [0.1, 0.15) is 5.75 Å². The average Bonchev–Trinajstić information content (AvgIpc) is 2.45. The Bertz CT molecular complexity index is 488. The number of thiocarbonyl (C=S) groups is 1. The van der Waals surface area contributed by atoms with Crippen LogP contribution in [0.25, 0.3) is 0 Å². The van der Waals surface area contributed by atoms with Gasteiger partial charge in [0.25, 0.3) is 0 Å². The maximum absolute atomic E-state index is 12.1. The van der Waals surface area contributed by atoms with E-state index in [0.29, 0.717) is 17.2 Å². The van der Waals surface area contributed by atoms with E-state index in [0.717, 1.165) is 18.5 Å². The molecule has 1 fully saturated rings. The Morgan fingerprint density at radius 2 is 1.82 bits per heavy atom. The molecule has 2 atom stereocenters. The molecule has 1 heterocycles. The molecular weight excluding hydrogens is 308 g/mol. The molecule has 2 rings (SSSR count). The SMILES string of the molecule is C[C@H]1CCC[C@H](C)N1NC(=S)Nc1ccc(OC(F)F)cc1. The van der Waals surface area contributed by atoms with Crippen LogP contribution in [0, 0.1) is 0 Å². The first kappa shape index (κ1) is 16.9. The van der Waals surface area contributed by atoms with Crippen LogP contribution in [-0.2, 0) is 0 Å². The summed E-state index contributed by atoms with van der Waals surface area (Å²) in [4.78, 5) is 0. The fraction of sp³-hybridized carbons (Fsp3) is 0.533. The number of anilines is 1. The third kappa shape index (κ3) is 4.78. The van der Waals surface area contributed by atoms with Gasteiger partial charge in [0, 0.05) is 17.8 Å². The van der Waals surface area contributed by atoms with Gasteiger partial charge in [-0.05, 0) is 63.2 Å². The Hall–Kier alpha value is -1.47. The molecule has 0 aromatic heterocycles. The minimum absolute atomic E-state index is 0.123. The van der Waals surface area contributed by atoms with Crippen molar-refractivity contribution >= 4 is 23.0 Å². The van der Waals surface area contributed by atoms with E-state index in [1.807, 2.05) is 0 Å². The number of nitrogens with one attached hydrogen (secondary N) is 2. The largest absolute Gasteiger partial charge is 0.435 e. The van der Waals surface area contributed by atoms with Crippen molar-refractivity contribution in [3.63, 3.8) is 0 Å². The average molecular weight is 329 g/mol. The molecule has 22 heavy (non-hydrogen) atoms. The molecule has 1 aliphatic rings. The molecule has 0 saturated carbocycles. The van der Waals surface area contributed by atoms with Crippen molar-refractivity contribution in [3.8, 4) is 5.75 Å². The first-order valence-electron chi connectivity index (χ1n) is 7.36. The lowest BCUT2D eigenvalue weighted by Crippen LogP contribution is -2.55. The van der Waals surface area contributed by atoms with Crippen LogP contribution >= 0.6 is 12.2 Å². The van der Waals surface area contributed by atoms with Crippen LogP contribution in [0.15, 0.2) is 24.3 Å². The van der Waals surface area contributed by atoms with Crippen molar-refractivity contribution in [1.29, 1.82) is 0 Å². The Kier molecular flexibility index (Phi) is 5.90. The van der Waals surface area contributed by atoms with Crippen LogP contribution in [-0.4, -0.2) is 28.8 Å². The van der Waals surface area contributed by atoms with E-state index < -0.39 is 6.61 Å². The highest BCUT2D eigenvalue weighted by molar-refractivity contribution is 7.80. The number of nitrogens with zero attached hydrogens (tertiary/aromatic N) is 1. The number of hydrogen-bond donors (Lipinski definition) is 2. The molecule has 0 radical (unpaired) electrons. The summed E-state index contributed by atoms with van der Waals surface area (Å²) in [6.07, 6.45) is 3.51. The van der Waals surface area contributed by atoms with Crippen molar-refractivity contribution in [3.05, 3.63) is 24.3 Å². The quantitative estimate of drug-likeness (QED) is 0.823. The van der Waals surface area contributed by atoms with Crippen molar-refractivity contribution in [2.24, 2.45) is 0 Å². The van der Waals surface area contributed by atoms with Gasteiger partial charge in [-0.25, -0.2) is 5.01 Å². The summed E-state index contributed by atoms with van der Waals surface area (Å²) in [5.41, 5.74) is 3.94. The summed E-state index contributed by atoms with van der Waals surface area (Å²) in [6, 6.07) is 7.09. The minimum atomic E-state index is -2.82. The lowest BCUT2D eigenvalue weighted by atomic mass is 10.00. The smallest absolute Gasteiger partial charge is 0.387 e. The number of hydrogen-bond acceptors (Lipinski definition) is 3. The minimum Gasteiger partial charge on any atom is -0.435 e. The Morgan fingerprint density at radius 3 is 2.36 bits per heavy atom. The molecule has 122 valence electrons. The van der Waals surface area contributed by atoms with E-state index >= 15 is 0 Å². The lowest BCUT2D eigenvalue weighted by Gasteiger charge is -2.39. The molecule has 4 nitrogen and oxygen atoms in total.